The van der Waals surface area contributed by atoms with Crippen molar-refractivity contribution in [2.24, 2.45) is 0 Å². The maximum atomic E-state index is 11.6. The van der Waals surface area contributed by atoms with Crippen molar-refractivity contribution in [1.82, 2.24) is 5.32 Å². The molecule has 0 heterocycles. The van der Waals surface area contributed by atoms with Crippen LogP contribution in [-0.2, 0) is 30.5 Å². The molecule has 1 atom stereocenters. The molecule has 2 aromatic carbocycles. The molecule has 132 valence electrons. The first-order valence-corrected chi connectivity index (χ1v) is 9.11. The number of carboxylic acid groups (broad SMARTS) is 1. The van der Waals surface area contributed by atoms with Crippen molar-refractivity contribution in [2.75, 3.05) is 0 Å². The van der Waals surface area contributed by atoms with E-state index in [0.29, 0.717) is 17.8 Å². The van der Waals surface area contributed by atoms with Gasteiger partial charge in [0.25, 0.3) is 0 Å². The molecular formula is C21H25NO2S. The average Bonchev–Trinajstić information content (AvgIpc) is 2.61. The zero-order chi connectivity index (χ0) is 18.2. The summed E-state index contributed by atoms with van der Waals surface area (Å²) in [7, 11) is 0. The highest BCUT2D eigenvalue weighted by Gasteiger charge is 2.19. The first-order chi connectivity index (χ1) is 12.0. The van der Waals surface area contributed by atoms with E-state index >= 15 is 0 Å². The van der Waals surface area contributed by atoms with Crippen LogP contribution < -0.4 is 5.32 Å². The van der Waals surface area contributed by atoms with E-state index in [2.05, 4.69) is 37.4 Å². The van der Waals surface area contributed by atoms with Gasteiger partial charge in [-0.3, -0.25) is 0 Å². The molecule has 0 saturated heterocycles. The summed E-state index contributed by atoms with van der Waals surface area (Å²) in [5, 5.41) is 12.5. The molecule has 2 rings (SSSR count). The standard InChI is InChI=1S/C21H25NO2S/c1-3-15-10-11-17(4-2)18(12-15)14-20(25)22-19(21(23)24)13-16-8-6-5-7-9-16/h5-12,19H,3-4,13-14H2,1-2H3,(H,22,25)(H,23,24)/t19-/m0/s1. The number of nitrogens with one attached hydrogen (secondary N) is 1. The van der Waals surface area contributed by atoms with Gasteiger partial charge in [0.2, 0.25) is 0 Å². The lowest BCUT2D eigenvalue weighted by Crippen LogP contribution is -2.42. The van der Waals surface area contributed by atoms with Crippen LogP contribution in [0.2, 0.25) is 0 Å². The van der Waals surface area contributed by atoms with Gasteiger partial charge in [0.05, 0.1) is 4.99 Å². The summed E-state index contributed by atoms with van der Waals surface area (Å²) in [4.78, 5) is 12.2. The molecule has 0 spiro atoms. The number of aliphatic carboxylic acids is 1. The normalized spacial score (nSPS) is 11.8. The minimum absolute atomic E-state index is 0.409. The lowest BCUT2D eigenvalue weighted by atomic mass is 9.98. The average molecular weight is 356 g/mol. The smallest absolute Gasteiger partial charge is 0.326 e. The third kappa shape index (κ3) is 5.68. The number of hydrogen-bond acceptors (Lipinski definition) is 2. The van der Waals surface area contributed by atoms with Gasteiger partial charge in [0, 0.05) is 12.8 Å². The maximum Gasteiger partial charge on any atom is 0.326 e. The van der Waals surface area contributed by atoms with Crippen molar-refractivity contribution in [3.63, 3.8) is 0 Å². The molecule has 0 aromatic heterocycles. The Morgan fingerprint density at radius 1 is 1.04 bits per heavy atom. The number of carbonyl (C=O) groups is 1. The molecule has 0 aliphatic rings. The minimum Gasteiger partial charge on any atom is -0.480 e. The quantitative estimate of drug-likeness (QED) is 0.704. The van der Waals surface area contributed by atoms with Gasteiger partial charge in [0.1, 0.15) is 6.04 Å². The largest absolute Gasteiger partial charge is 0.480 e. The number of hydrogen-bond donors (Lipinski definition) is 2. The van der Waals surface area contributed by atoms with Crippen LogP contribution in [0.15, 0.2) is 48.5 Å². The van der Waals surface area contributed by atoms with Crippen molar-refractivity contribution in [3.8, 4) is 0 Å². The lowest BCUT2D eigenvalue weighted by Gasteiger charge is -2.18. The lowest BCUT2D eigenvalue weighted by molar-refractivity contribution is -0.139. The van der Waals surface area contributed by atoms with Crippen LogP contribution in [0.5, 0.6) is 0 Å². The molecule has 0 amide bonds. The summed E-state index contributed by atoms with van der Waals surface area (Å²) in [5.41, 5.74) is 4.70. The summed E-state index contributed by atoms with van der Waals surface area (Å²) in [6.45, 7) is 4.25. The highest BCUT2D eigenvalue weighted by Crippen LogP contribution is 2.15. The monoisotopic (exact) mass is 355 g/mol. The highest BCUT2D eigenvalue weighted by molar-refractivity contribution is 7.80. The molecule has 0 unspecified atom stereocenters. The zero-order valence-corrected chi connectivity index (χ0v) is 15.6. The van der Waals surface area contributed by atoms with Gasteiger partial charge in [-0.15, -0.1) is 0 Å². The van der Waals surface area contributed by atoms with Crippen LogP contribution in [0, 0.1) is 0 Å². The van der Waals surface area contributed by atoms with Crippen LogP contribution in [0.3, 0.4) is 0 Å². The Hall–Kier alpha value is -2.20. The van der Waals surface area contributed by atoms with E-state index in [9.17, 15) is 9.90 Å². The Labute approximate surface area is 155 Å². The Morgan fingerprint density at radius 3 is 2.36 bits per heavy atom. The summed E-state index contributed by atoms with van der Waals surface area (Å²) in [6, 6.07) is 15.4. The molecule has 0 aliphatic heterocycles. The molecule has 4 heteroatoms. The molecule has 0 radical (unpaired) electrons. The zero-order valence-electron chi connectivity index (χ0n) is 14.8. The minimum atomic E-state index is -0.885. The van der Waals surface area contributed by atoms with Crippen molar-refractivity contribution >= 4 is 23.2 Å². The van der Waals surface area contributed by atoms with E-state index < -0.39 is 12.0 Å². The van der Waals surface area contributed by atoms with Crippen LogP contribution in [0.4, 0.5) is 0 Å². The van der Waals surface area contributed by atoms with E-state index in [-0.39, 0.29) is 0 Å². The Kier molecular flexibility index (Phi) is 7.14. The number of benzene rings is 2. The first-order valence-electron chi connectivity index (χ1n) is 8.70. The van der Waals surface area contributed by atoms with E-state index in [1.807, 2.05) is 30.3 Å². The number of carboxylic acids is 1. The number of rotatable bonds is 8. The van der Waals surface area contributed by atoms with Crippen molar-refractivity contribution in [2.45, 2.75) is 45.6 Å². The van der Waals surface area contributed by atoms with Crippen molar-refractivity contribution in [1.29, 1.82) is 0 Å². The molecule has 25 heavy (non-hydrogen) atoms. The second kappa shape index (κ2) is 9.33. The summed E-state index contributed by atoms with van der Waals surface area (Å²) >= 11 is 5.46. The second-order valence-electron chi connectivity index (χ2n) is 6.14. The fourth-order valence-corrected chi connectivity index (χ4v) is 3.17. The molecule has 2 N–H and O–H groups in total. The fourth-order valence-electron chi connectivity index (χ4n) is 2.88. The molecule has 0 aliphatic carbocycles. The fraction of sp³-hybridized carbons (Fsp3) is 0.333. The molecule has 0 bridgehead atoms. The SMILES string of the molecule is CCc1ccc(CC)c(CC(=S)N[C@@H](Cc2ccccc2)C(=O)O)c1. The second-order valence-corrected chi connectivity index (χ2v) is 6.63. The van der Waals surface area contributed by atoms with Crippen LogP contribution in [0.1, 0.15) is 36.1 Å². The number of aryl methyl sites for hydroxylation is 2. The summed E-state index contributed by atoms with van der Waals surface area (Å²) in [5.74, 6) is -0.885. The van der Waals surface area contributed by atoms with Crippen molar-refractivity contribution < 1.29 is 9.90 Å². The van der Waals surface area contributed by atoms with E-state index in [4.69, 9.17) is 12.2 Å². The molecule has 0 fully saturated rings. The van der Waals surface area contributed by atoms with Gasteiger partial charge >= 0.3 is 5.97 Å². The van der Waals surface area contributed by atoms with Gasteiger partial charge in [-0.05, 0) is 35.1 Å². The molecule has 3 nitrogen and oxygen atoms in total. The van der Waals surface area contributed by atoms with Gasteiger partial charge in [-0.25, -0.2) is 4.79 Å². The molecular weight excluding hydrogens is 330 g/mol. The predicted molar refractivity (Wildman–Crippen MR) is 106 cm³/mol. The third-order valence-corrected chi connectivity index (χ3v) is 4.59. The van der Waals surface area contributed by atoms with E-state index in [1.54, 1.807) is 0 Å². The Bertz CT molecular complexity index is 728. The van der Waals surface area contributed by atoms with E-state index in [1.165, 1.54) is 16.7 Å². The van der Waals surface area contributed by atoms with Gasteiger partial charge in [-0.1, -0.05) is 74.6 Å². The summed E-state index contributed by atoms with van der Waals surface area (Å²) < 4.78 is 0. The molecule has 0 saturated carbocycles. The van der Waals surface area contributed by atoms with Crippen molar-refractivity contribution in [3.05, 3.63) is 70.8 Å². The Balaban J connectivity index is 2.08. The van der Waals surface area contributed by atoms with E-state index in [0.717, 1.165) is 18.4 Å². The topological polar surface area (TPSA) is 49.3 Å². The Morgan fingerprint density at radius 2 is 1.76 bits per heavy atom. The van der Waals surface area contributed by atoms with Crippen LogP contribution in [-0.4, -0.2) is 22.1 Å². The maximum absolute atomic E-state index is 11.6. The molecule has 2 aromatic rings. The van der Waals surface area contributed by atoms with Gasteiger partial charge in [-0.2, -0.15) is 0 Å². The van der Waals surface area contributed by atoms with Gasteiger partial charge < -0.3 is 10.4 Å². The highest BCUT2D eigenvalue weighted by atomic mass is 32.1. The van der Waals surface area contributed by atoms with Crippen LogP contribution >= 0.6 is 12.2 Å². The third-order valence-electron chi connectivity index (χ3n) is 4.33. The first kappa shape index (κ1) is 19.1. The number of thiocarbonyl (C=S) groups is 1. The summed E-state index contributed by atoms with van der Waals surface area (Å²) in [6.07, 6.45) is 2.90. The predicted octanol–water partition coefficient (Wildman–Crippen LogP) is 3.97. The van der Waals surface area contributed by atoms with Crippen LogP contribution in [0.25, 0.3) is 0 Å². The van der Waals surface area contributed by atoms with Gasteiger partial charge in [0.15, 0.2) is 0 Å².